The van der Waals surface area contributed by atoms with Crippen molar-refractivity contribution in [2.45, 2.75) is 25.3 Å². The molecular weight excluding hydrogens is 254 g/mol. The number of nitriles is 1. The van der Waals surface area contributed by atoms with Gasteiger partial charge >= 0.3 is 0 Å². The van der Waals surface area contributed by atoms with Crippen molar-refractivity contribution in [2.75, 3.05) is 25.0 Å². The Balaban J connectivity index is 1.79. The van der Waals surface area contributed by atoms with Crippen LogP contribution in [0.15, 0.2) is 24.3 Å². The van der Waals surface area contributed by atoms with Crippen LogP contribution >= 0.6 is 0 Å². The van der Waals surface area contributed by atoms with E-state index >= 15 is 0 Å². The molecule has 0 unspecified atom stereocenters. The highest BCUT2D eigenvalue weighted by Crippen LogP contribution is 2.17. The number of hydrogen-bond donors (Lipinski definition) is 2. The Labute approximate surface area is 118 Å². The molecule has 1 heterocycles. The van der Waals surface area contributed by atoms with Gasteiger partial charge in [0.1, 0.15) is 0 Å². The first kappa shape index (κ1) is 14.5. The summed E-state index contributed by atoms with van der Waals surface area (Å²) in [5.74, 6) is -0.0432. The minimum Gasteiger partial charge on any atom is -0.395 e. The molecular formula is C15H19N3O2. The fraction of sp³-hybridized carbons (Fsp3) is 0.467. The van der Waals surface area contributed by atoms with Gasteiger partial charge in [-0.1, -0.05) is 0 Å². The van der Waals surface area contributed by atoms with E-state index in [1.807, 2.05) is 6.07 Å². The highest BCUT2D eigenvalue weighted by molar-refractivity contribution is 5.90. The number of nitrogens with zero attached hydrogens (tertiary/aromatic N) is 2. The number of aliphatic hydroxyl groups is 1. The molecule has 106 valence electrons. The van der Waals surface area contributed by atoms with E-state index in [0.717, 1.165) is 19.4 Å². The zero-order valence-electron chi connectivity index (χ0n) is 11.4. The normalized spacial score (nSPS) is 18.7. The first-order valence-corrected chi connectivity index (χ1v) is 6.88. The maximum atomic E-state index is 11.9. The predicted octanol–water partition coefficient (Wildman–Crippen LogP) is 1.34. The third kappa shape index (κ3) is 3.80. The molecule has 2 rings (SSSR count). The molecule has 2 N–H and O–H groups in total. The minimum absolute atomic E-state index is 0.0432. The molecule has 1 aromatic rings. The molecule has 0 spiro atoms. The number of anilines is 1. The predicted molar refractivity (Wildman–Crippen MR) is 76.1 cm³/mol. The number of carbonyl (C=O) groups is 1. The molecule has 1 fully saturated rings. The minimum atomic E-state index is -0.0432. The van der Waals surface area contributed by atoms with Gasteiger partial charge in [-0.05, 0) is 43.7 Å². The Morgan fingerprint density at radius 2 is 2.20 bits per heavy atom. The van der Waals surface area contributed by atoms with Crippen molar-refractivity contribution < 1.29 is 9.90 Å². The number of amides is 1. The number of likely N-dealkylation sites (tertiary alicyclic amines) is 1. The third-order valence-electron chi connectivity index (χ3n) is 3.63. The van der Waals surface area contributed by atoms with Crippen LogP contribution in [0.2, 0.25) is 0 Å². The number of aliphatic hydroxyl groups excluding tert-OH is 1. The summed E-state index contributed by atoms with van der Waals surface area (Å²) in [6.45, 7) is 1.79. The summed E-state index contributed by atoms with van der Waals surface area (Å²) in [5, 5.41) is 20.7. The maximum Gasteiger partial charge on any atom is 0.225 e. The lowest BCUT2D eigenvalue weighted by atomic mass is 10.2. The van der Waals surface area contributed by atoms with Crippen LogP contribution < -0.4 is 5.32 Å². The molecule has 1 aliphatic heterocycles. The van der Waals surface area contributed by atoms with Gasteiger partial charge in [-0.2, -0.15) is 5.26 Å². The molecule has 0 aliphatic carbocycles. The summed E-state index contributed by atoms with van der Waals surface area (Å²) < 4.78 is 0. The summed E-state index contributed by atoms with van der Waals surface area (Å²) >= 11 is 0. The molecule has 1 aromatic carbocycles. The number of benzene rings is 1. The number of rotatable bonds is 5. The van der Waals surface area contributed by atoms with Crippen molar-refractivity contribution >= 4 is 11.6 Å². The van der Waals surface area contributed by atoms with Crippen LogP contribution in [0.4, 0.5) is 5.69 Å². The molecule has 1 amide bonds. The van der Waals surface area contributed by atoms with E-state index in [1.54, 1.807) is 24.3 Å². The van der Waals surface area contributed by atoms with Gasteiger partial charge in [0.2, 0.25) is 5.91 Å². The standard InChI is InChI=1S/C15H19N3O2/c16-10-12-3-5-13(6-4-12)17-15(20)7-9-18-8-1-2-14(18)11-19/h3-6,14,19H,1-2,7-9,11H2,(H,17,20)/t14-/m1/s1. The van der Waals surface area contributed by atoms with Crippen molar-refractivity contribution in [3.63, 3.8) is 0 Å². The van der Waals surface area contributed by atoms with E-state index < -0.39 is 0 Å². The smallest absolute Gasteiger partial charge is 0.225 e. The molecule has 0 saturated carbocycles. The van der Waals surface area contributed by atoms with Crippen LogP contribution in [0.25, 0.3) is 0 Å². The van der Waals surface area contributed by atoms with Crippen LogP contribution in [0.3, 0.4) is 0 Å². The van der Waals surface area contributed by atoms with Gasteiger partial charge < -0.3 is 10.4 Å². The molecule has 5 heteroatoms. The van der Waals surface area contributed by atoms with E-state index in [9.17, 15) is 9.90 Å². The average molecular weight is 273 g/mol. The summed E-state index contributed by atoms with van der Waals surface area (Å²) in [7, 11) is 0. The Bertz CT molecular complexity index is 493. The van der Waals surface area contributed by atoms with Gasteiger partial charge in [0.05, 0.1) is 18.2 Å². The largest absolute Gasteiger partial charge is 0.395 e. The van der Waals surface area contributed by atoms with E-state index in [0.29, 0.717) is 24.2 Å². The second kappa shape index (κ2) is 7.04. The van der Waals surface area contributed by atoms with Gasteiger partial charge in [-0.3, -0.25) is 9.69 Å². The first-order chi connectivity index (χ1) is 9.72. The second-order valence-corrected chi connectivity index (χ2v) is 5.00. The van der Waals surface area contributed by atoms with E-state index in [4.69, 9.17) is 5.26 Å². The Morgan fingerprint density at radius 3 is 2.85 bits per heavy atom. The monoisotopic (exact) mass is 273 g/mol. The topological polar surface area (TPSA) is 76.4 Å². The third-order valence-corrected chi connectivity index (χ3v) is 3.63. The maximum absolute atomic E-state index is 11.9. The molecule has 20 heavy (non-hydrogen) atoms. The zero-order chi connectivity index (χ0) is 14.4. The number of nitrogens with one attached hydrogen (secondary N) is 1. The number of carbonyl (C=O) groups excluding carboxylic acids is 1. The van der Waals surface area contributed by atoms with Gasteiger partial charge in [0.25, 0.3) is 0 Å². The second-order valence-electron chi connectivity index (χ2n) is 5.00. The summed E-state index contributed by atoms with van der Waals surface area (Å²) in [4.78, 5) is 14.0. The fourth-order valence-electron chi connectivity index (χ4n) is 2.49. The summed E-state index contributed by atoms with van der Waals surface area (Å²) in [6, 6.07) is 9.05. The lowest BCUT2D eigenvalue weighted by molar-refractivity contribution is -0.116. The summed E-state index contributed by atoms with van der Waals surface area (Å²) in [6.07, 6.45) is 2.51. The van der Waals surface area contributed by atoms with Crippen LogP contribution in [0, 0.1) is 11.3 Å². The lowest BCUT2D eigenvalue weighted by Crippen LogP contribution is -2.34. The van der Waals surface area contributed by atoms with E-state index in [2.05, 4.69) is 10.2 Å². The van der Waals surface area contributed by atoms with Gasteiger partial charge in [0.15, 0.2) is 0 Å². The van der Waals surface area contributed by atoms with Crippen LogP contribution in [-0.2, 0) is 4.79 Å². The quantitative estimate of drug-likeness (QED) is 0.849. The van der Waals surface area contributed by atoms with Crippen LogP contribution in [0.1, 0.15) is 24.8 Å². The van der Waals surface area contributed by atoms with Crippen molar-refractivity contribution in [2.24, 2.45) is 0 Å². The highest BCUT2D eigenvalue weighted by Gasteiger charge is 2.23. The zero-order valence-corrected chi connectivity index (χ0v) is 11.4. The fourth-order valence-corrected chi connectivity index (χ4v) is 2.49. The SMILES string of the molecule is N#Cc1ccc(NC(=O)CCN2CCC[C@@H]2CO)cc1. The molecule has 0 radical (unpaired) electrons. The molecule has 1 saturated heterocycles. The van der Waals surface area contributed by atoms with Crippen molar-refractivity contribution in [3.8, 4) is 6.07 Å². The first-order valence-electron chi connectivity index (χ1n) is 6.88. The molecule has 0 aromatic heterocycles. The Morgan fingerprint density at radius 1 is 1.45 bits per heavy atom. The van der Waals surface area contributed by atoms with Crippen LogP contribution in [0.5, 0.6) is 0 Å². The highest BCUT2D eigenvalue weighted by atomic mass is 16.3. The Kier molecular flexibility index (Phi) is 5.10. The van der Waals surface area contributed by atoms with Crippen molar-refractivity contribution in [1.29, 1.82) is 5.26 Å². The molecule has 5 nitrogen and oxygen atoms in total. The number of hydrogen-bond acceptors (Lipinski definition) is 4. The molecule has 0 bridgehead atoms. The molecule has 1 atom stereocenters. The van der Waals surface area contributed by atoms with Gasteiger partial charge in [-0.15, -0.1) is 0 Å². The van der Waals surface area contributed by atoms with E-state index in [1.165, 1.54) is 0 Å². The van der Waals surface area contributed by atoms with E-state index in [-0.39, 0.29) is 18.6 Å². The molecule has 1 aliphatic rings. The van der Waals surface area contributed by atoms with Gasteiger partial charge in [-0.25, -0.2) is 0 Å². The lowest BCUT2D eigenvalue weighted by Gasteiger charge is -2.22. The van der Waals surface area contributed by atoms with Crippen molar-refractivity contribution in [1.82, 2.24) is 4.90 Å². The Hall–Kier alpha value is -1.90. The summed E-state index contributed by atoms with van der Waals surface area (Å²) in [5.41, 5.74) is 1.28. The van der Waals surface area contributed by atoms with Gasteiger partial charge in [0, 0.05) is 24.7 Å². The van der Waals surface area contributed by atoms with Crippen molar-refractivity contribution in [3.05, 3.63) is 29.8 Å². The van der Waals surface area contributed by atoms with Crippen LogP contribution in [-0.4, -0.2) is 41.7 Å². The average Bonchev–Trinajstić information content (AvgIpc) is 2.93.